The van der Waals surface area contributed by atoms with Crippen molar-refractivity contribution >= 4 is 11.8 Å². The van der Waals surface area contributed by atoms with Gasteiger partial charge in [-0.3, -0.25) is 9.59 Å². The van der Waals surface area contributed by atoms with Crippen molar-refractivity contribution < 1.29 is 14.3 Å². The monoisotopic (exact) mass is 290 g/mol. The maximum Gasteiger partial charge on any atom is 0.316 e. The van der Waals surface area contributed by atoms with Crippen LogP contribution in [0.1, 0.15) is 51.0 Å². The van der Waals surface area contributed by atoms with E-state index in [-0.39, 0.29) is 5.78 Å². The molecule has 0 aliphatic rings. The smallest absolute Gasteiger partial charge is 0.316 e. The number of rotatable bonds is 10. The van der Waals surface area contributed by atoms with Crippen LogP contribution in [0.4, 0.5) is 0 Å². The fraction of sp³-hybridized carbons (Fsp3) is 0.556. The van der Waals surface area contributed by atoms with E-state index in [1.165, 1.54) is 20.0 Å². The number of carbonyl (C=O) groups is 2. The van der Waals surface area contributed by atoms with Crippen molar-refractivity contribution in [1.82, 2.24) is 0 Å². The molecule has 1 aromatic carbocycles. The molecule has 1 aromatic rings. The van der Waals surface area contributed by atoms with Gasteiger partial charge in [0.2, 0.25) is 0 Å². The van der Waals surface area contributed by atoms with E-state index < -0.39 is 11.9 Å². The molecule has 1 atom stereocenters. The maximum absolute atomic E-state index is 12.3. The van der Waals surface area contributed by atoms with E-state index in [0.29, 0.717) is 12.8 Å². The minimum absolute atomic E-state index is 0.0384. The minimum Gasteiger partial charge on any atom is -0.468 e. The van der Waals surface area contributed by atoms with Gasteiger partial charge in [-0.25, -0.2) is 0 Å². The van der Waals surface area contributed by atoms with Crippen LogP contribution in [0.5, 0.6) is 0 Å². The number of methoxy groups -OCH3 is 1. The molecule has 0 saturated heterocycles. The van der Waals surface area contributed by atoms with Gasteiger partial charge in [0.25, 0.3) is 0 Å². The number of unbranched alkanes of at least 4 members (excludes halogenated alkanes) is 4. The SMILES string of the molecule is CCCCCCCC(C(=O)Cc1ccccc1)C(=O)OC. The normalized spacial score (nSPS) is 11.9. The quantitative estimate of drug-likeness (QED) is 0.372. The van der Waals surface area contributed by atoms with Crippen molar-refractivity contribution in [2.45, 2.75) is 51.9 Å². The van der Waals surface area contributed by atoms with Crippen LogP contribution >= 0.6 is 0 Å². The Morgan fingerprint density at radius 3 is 2.33 bits per heavy atom. The first kappa shape index (κ1) is 17.4. The zero-order chi connectivity index (χ0) is 15.5. The third-order valence-corrected chi connectivity index (χ3v) is 3.69. The second-order valence-corrected chi connectivity index (χ2v) is 5.41. The minimum atomic E-state index is -0.614. The first-order valence-corrected chi connectivity index (χ1v) is 7.83. The van der Waals surface area contributed by atoms with Gasteiger partial charge in [-0.15, -0.1) is 0 Å². The molecule has 116 valence electrons. The van der Waals surface area contributed by atoms with E-state index in [4.69, 9.17) is 4.74 Å². The van der Waals surface area contributed by atoms with Crippen LogP contribution in [0.25, 0.3) is 0 Å². The molecule has 0 radical (unpaired) electrons. The van der Waals surface area contributed by atoms with Gasteiger partial charge in [0.15, 0.2) is 5.78 Å². The van der Waals surface area contributed by atoms with Crippen molar-refractivity contribution in [2.24, 2.45) is 5.92 Å². The second kappa shape index (κ2) is 10.1. The lowest BCUT2D eigenvalue weighted by Crippen LogP contribution is -2.26. The molecule has 0 saturated carbocycles. The Labute approximate surface area is 127 Å². The molecule has 0 aliphatic heterocycles. The van der Waals surface area contributed by atoms with Crippen LogP contribution in [-0.2, 0) is 20.7 Å². The number of hydrogen-bond donors (Lipinski definition) is 0. The van der Waals surface area contributed by atoms with Crippen LogP contribution < -0.4 is 0 Å². The predicted octanol–water partition coefficient (Wildman–Crippen LogP) is 3.95. The van der Waals surface area contributed by atoms with Crippen molar-refractivity contribution in [3.63, 3.8) is 0 Å². The molecule has 0 N–H and O–H groups in total. The molecule has 0 fully saturated rings. The van der Waals surface area contributed by atoms with E-state index in [9.17, 15) is 9.59 Å². The fourth-order valence-corrected chi connectivity index (χ4v) is 2.42. The van der Waals surface area contributed by atoms with Crippen LogP contribution in [0.2, 0.25) is 0 Å². The van der Waals surface area contributed by atoms with Gasteiger partial charge in [-0.2, -0.15) is 0 Å². The van der Waals surface area contributed by atoms with Gasteiger partial charge >= 0.3 is 5.97 Å². The number of carbonyl (C=O) groups excluding carboxylic acids is 2. The highest BCUT2D eigenvalue weighted by molar-refractivity contribution is 5.99. The Bertz CT molecular complexity index is 425. The number of benzene rings is 1. The number of ketones is 1. The van der Waals surface area contributed by atoms with Crippen LogP contribution in [-0.4, -0.2) is 18.9 Å². The maximum atomic E-state index is 12.3. The summed E-state index contributed by atoms with van der Waals surface area (Å²) in [7, 11) is 1.35. The van der Waals surface area contributed by atoms with Gasteiger partial charge in [0.1, 0.15) is 5.92 Å². The zero-order valence-electron chi connectivity index (χ0n) is 13.1. The summed E-state index contributed by atoms with van der Waals surface area (Å²) in [6.07, 6.45) is 6.43. The van der Waals surface area contributed by atoms with Gasteiger partial charge < -0.3 is 4.74 Å². The molecular weight excluding hydrogens is 264 g/mol. The molecule has 0 aromatic heterocycles. The summed E-state index contributed by atoms with van der Waals surface area (Å²) in [5.41, 5.74) is 0.947. The molecule has 0 spiro atoms. The van der Waals surface area contributed by atoms with Crippen LogP contribution in [0.15, 0.2) is 30.3 Å². The summed E-state index contributed by atoms with van der Waals surface area (Å²) in [4.78, 5) is 24.2. The van der Waals surface area contributed by atoms with Gasteiger partial charge in [-0.1, -0.05) is 69.4 Å². The molecule has 3 heteroatoms. The third-order valence-electron chi connectivity index (χ3n) is 3.69. The predicted molar refractivity (Wildman–Crippen MR) is 84.0 cm³/mol. The van der Waals surface area contributed by atoms with Crippen molar-refractivity contribution in [3.8, 4) is 0 Å². The summed E-state index contributed by atoms with van der Waals surface area (Å²) in [5.74, 6) is -1.05. The number of hydrogen-bond acceptors (Lipinski definition) is 3. The Morgan fingerprint density at radius 1 is 1.05 bits per heavy atom. The van der Waals surface area contributed by atoms with E-state index in [2.05, 4.69) is 6.92 Å². The van der Waals surface area contributed by atoms with Crippen LogP contribution in [0, 0.1) is 5.92 Å². The van der Waals surface area contributed by atoms with Crippen molar-refractivity contribution in [3.05, 3.63) is 35.9 Å². The molecule has 0 bridgehead atoms. The molecule has 0 amide bonds. The van der Waals surface area contributed by atoms with Crippen LogP contribution in [0.3, 0.4) is 0 Å². The Kier molecular flexibility index (Phi) is 8.41. The second-order valence-electron chi connectivity index (χ2n) is 5.41. The summed E-state index contributed by atoms with van der Waals surface area (Å²) in [5, 5.41) is 0. The first-order chi connectivity index (χ1) is 10.2. The summed E-state index contributed by atoms with van der Waals surface area (Å²) in [6.45, 7) is 2.17. The number of Topliss-reactive ketones (excluding diaryl/α,β-unsaturated/α-hetero) is 1. The highest BCUT2D eigenvalue weighted by atomic mass is 16.5. The molecule has 1 rings (SSSR count). The number of esters is 1. The average molecular weight is 290 g/mol. The lowest BCUT2D eigenvalue weighted by atomic mass is 9.92. The van der Waals surface area contributed by atoms with E-state index in [1.54, 1.807) is 0 Å². The Morgan fingerprint density at radius 2 is 1.71 bits per heavy atom. The molecular formula is C18H26O3. The van der Waals surface area contributed by atoms with Crippen molar-refractivity contribution in [1.29, 1.82) is 0 Å². The molecule has 0 aliphatic carbocycles. The lowest BCUT2D eigenvalue weighted by molar-refractivity contribution is -0.149. The number of ether oxygens (including phenoxy) is 1. The van der Waals surface area contributed by atoms with Gasteiger partial charge in [0.05, 0.1) is 7.11 Å². The highest BCUT2D eigenvalue weighted by Gasteiger charge is 2.26. The topological polar surface area (TPSA) is 43.4 Å². The summed E-state index contributed by atoms with van der Waals surface area (Å²) < 4.78 is 4.79. The molecule has 1 unspecified atom stereocenters. The first-order valence-electron chi connectivity index (χ1n) is 7.83. The third kappa shape index (κ3) is 6.56. The van der Waals surface area contributed by atoms with Gasteiger partial charge in [-0.05, 0) is 12.0 Å². The Hall–Kier alpha value is -1.64. The van der Waals surface area contributed by atoms with Crippen molar-refractivity contribution in [2.75, 3.05) is 7.11 Å². The molecule has 21 heavy (non-hydrogen) atoms. The van der Waals surface area contributed by atoms with E-state index >= 15 is 0 Å². The van der Waals surface area contributed by atoms with E-state index in [0.717, 1.165) is 24.8 Å². The largest absolute Gasteiger partial charge is 0.468 e. The Balaban J connectivity index is 2.52. The average Bonchev–Trinajstić information content (AvgIpc) is 2.51. The van der Waals surface area contributed by atoms with Gasteiger partial charge in [0, 0.05) is 6.42 Å². The highest BCUT2D eigenvalue weighted by Crippen LogP contribution is 2.16. The summed E-state index contributed by atoms with van der Waals surface area (Å²) >= 11 is 0. The van der Waals surface area contributed by atoms with E-state index in [1.807, 2.05) is 30.3 Å². The lowest BCUT2D eigenvalue weighted by Gasteiger charge is -2.13. The fourth-order valence-electron chi connectivity index (χ4n) is 2.42. The zero-order valence-corrected chi connectivity index (χ0v) is 13.1. The standard InChI is InChI=1S/C18H26O3/c1-3-4-5-6-10-13-16(18(20)21-2)17(19)14-15-11-8-7-9-12-15/h7-9,11-12,16H,3-6,10,13-14H2,1-2H3. The summed E-state index contributed by atoms with van der Waals surface area (Å²) in [6, 6.07) is 9.54. The molecule has 0 heterocycles. The molecule has 3 nitrogen and oxygen atoms in total.